The Kier molecular flexibility index (Phi) is 4.78. The summed E-state index contributed by atoms with van der Waals surface area (Å²) in [4.78, 5) is 14.5. The Morgan fingerprint density at radius 2 is 1.94 bits per heavy atom. The number of nitrogens with zero attached hydrogens (tertiary/aromatic N) is 1. The molecule has 1 fully saturated rings. The number of benzene rings is 1. The van der Waals surface area contributed by atoms with Gasteiger partial charge in [-0.05, 0) is 67.3 Å². The van der Waals surface area contributed by atoms with Gasteiger partial charge < -0.3 is 0 Å². The van der Waals surface area contributed by atoms with Crippen molar-refractivity contribution in [1.82, 2.24) is 4.90 Å². The second kappa shape index (κ2) is 6.15. The van der Waals surface area contributed by atoms with E-state index in [-0.39, 0.29) is 5.78 Å². The van der Waals surface area contributed by atoms with Crippen LogP contribution in [0.2, 0.25) is 0 Å². The molecule has 1 aromatic carbocycles. The van der Waals surface area contributed by atoms with Crippen molar-refractivity contribution in [3.8, 4) is 0 Å². The maximum Gasteiger partial charge on any atom is 0.176 e. The topological polar surface area (TPSA) is 20.3 Å². The van der Waals surface area contributed by atoms with E-state index in [9.17, 15) is 4.79 Å². The van der Waals surface area contributed by atoms with Gasteiger partial charge in [-0.3, -0.25) is 9.69 Å². The van der Waals surface area contributed by atoms with Crippen LogP contribution >= 0.6 is 22.6 Å². The summed E-state index contributed by atoms with van der Waals surface area (Å²) in [6.45, 7) is 5.97. The molecule has 2 rings (SSSR count). The van der Waals surface area contributed by atoms with Crippen LogP contribution in [0.1, 0.15) is 37.0 Å². The van der Waals surface area contributed by atoms with Crippen LogP contribution in [-0.4, -0.2) is 29.8 Å². The summed E-state index contributed by atoms with van der Waals surface area (Å²) >= 11 is 2.26. The Morgan fingerprint density at radius 3 is 2.44 bits per heavy atom. The number of hydrogen-bond acceptors (Lipinski definition) is 2. The van der Waals surface area contributed by atoms with Crippen LogP contribution in [0, 0.1) is 9.49 Å². The zero-order valence-corrected chi connectivity index (χ0v) is 13.2. The molecule has 0 amide bonds. The standard InChI is InChI=1S/C15H20INO/c1-11(2)17(9-12-3-4-12)10-15(18)13-5-7-14(16)8-6-13/h5-8,11-12H,3-4,9-10H2,1-2H3. The molecule has 2 nitrogen and oxygen atoms in total. The first-order valence-corrected chi connectivity index (χ1v) is 7.67. The highest BCUT2D eigenvalue weighted by Gasteiger charge is 2.26. The maximum absolute atomic E-state index is 12.2. The molecule has 0 aliphatic heterocycles. The number of Topliss-reactive ketones (excluding diaryl/α,β-unsaturated/α-hetero) is 1. The minimum atomic E-state index is 0.237. The molecule has 1 aliphatic carbocycles. The van der Waals surface area contributed by atoms with E-state index in [4.69, 9.17) is 0 Å². The van der Waals surface area contributed by atoms with Crippen LogP contribution in [0.15, 0.2) is 24.3 Å². The Bertz CT molecular complexity index is 409. The van der Waals surface area contributed by atoms with E-state index in [0.717, 1.165) is 18.0 Å². The highest BCUT2D eigenvalue weighted by molar-refractivity contribution is 14.1. The molecule has 0 unspecified atom stereocenters. The third kappa shape index (κ3) is 4.05. The van der Waals surface area contributed by atoms with Gasteiger partial charge in [-0.1, -0.05) is 12.1 Å². The molecule has 0 aromatic heterocycles. The van der Waals surface area contributed by atoms with Gasteiger partial charge in [-0.25, -0.2) is 0 Å². The van der Waals surface area contributed by atoms with Gasteiger partial charge in [0.2, 0.25) is 0 Å². The van der Waals surface area contributed by atoms with Crippen molar-refractivity contribution in [3.05, 3.63) is 33.4 Å². The Morgan fingerprint density at radius 1 is 1.33 bits per heavy atom. The van der Waals surface area contributed by atoms with E-state index >= 15 is 0 Å². The van der Waals surface area contributed by atoms with Gasteiger partial charge in [0.15, 0.2) is 5.78 Å². The van der Waals surface area contributed by atoms with Crippen molar-refractivity contribution in [2.75, 3.05) is 13.1 Å². The zero-order valence-electron chi connectivity index (χ0n) is 11.0. The van der Waals surface area contributed by atoms with Crippen LogP contribution in [0.4, 0.5) is 0 Å². The minimum Gasteiger partial charge on any atom is -0.293 e. The van der Waals surface area contributed by atoms with Crippen molar-refractivity contribution in [2.45, 2.75) is 32.7 Å². The minimum absolute atomic E-state index is 0.237. The lowest BCUT2D eigenvalue weighted by atomic mass is 10.1. The Labute approximate surface area is 123 Å². The summed E-state index contributed by atoms with van der Waals surface area (Å²) < 4.78 is 1.17. The fourth-order valence-corrected chi connectivity index (χ4v) is 2.36. The van der Waals surface area contributed by atoms with Crippen molar-refractivity contribution in [3.63, 3.8) is 0 Å². The lowest BCUT2D eigenvalue weighted by molar-refractivity contribution is 0.0901. The van der Waals surface area contributed by atoms with Gasteiger partial charge >= 0.3 is 0 Å². The van der Waals surface area contributed by atoms with Gasteiger partial charge in [0.1, 0.15) is 0 Å². The smallest absolute Gasteiger partial charge is 0.176 e. The van der Waals surface area contributed by atoms with Gasteiger partial charge in [-0.15, -0.1) is 0 Å². The molecule has 0 heterocycles. The predicted octanol–water partition coefficient (Wildman–Crippen LogP) is 3.59. The molecule has 0 radical (unpaired) electrons. The molecule has 98 valence electrons. The predicted molar refractivity (Wildman–Crippen MR) is 82.9 cm³/mol. The molecule has 0 saturated heterocycles. The van der Waals surface area contributed by atoms with E-state index < -0.39 is 0 Å². The van der Waals surface area contributed by atoms with Gasteiger partial charge in [0, 0.05) is 21.7 Å². The Balaban J connectivity index is 1.97. The quantitative estimate of drug-likeness (QED) is 0.573. The van der Waals surface area contributed by atoms with Crippen molar-refractivity contribution >= 4 is 28.4 Å². The molecule has 0 atom stereocenters. The first kappa shape index (κ1) is 14.0. The van der Waals surface area contributed by atoms with Crippen LogP contribution in [0.3, 0.4) is 0 Å². The van der Waals surface area contributed by atoms with Crippen LogP contribution < -0.4 is 0 Å². The third-order valence-corrected chi connectivity index (χ3v) is 4.15. The van der Waals surface area contributed by atoms with E-state index in [1.807, 2.05) is 24.3 Å². The van der Waals surface area contributed by atoms with E-state index in [1.54, 1.807) is 0 Å². The summed E-state index contributed by atoms with van der Waals surface area (Å²) in [6.07, 6.45) is 2.67. The van der Waals surface area contributed by atoms with E-state index in [1.165, 1.54) is 16.4 Å². The zero-order chi connectivity index (χ0) is 13.1. The molecule has 1 aromatic rings. The number of ketones is 1. The molecule has 18 heavy (non-hydrogen) atoms. The van der Waals surface area contributed by atoms with E-state index in [0.29, 0.717) is 12.6 Å². The summed E-state index contributed by atoms with van der Waals surface area (Å²) in [7, 11) is 0. The molecule has 0 spiro atoms. The number of rotatable bonds is 6. The second-order valence-corrected chi connectivity index (χ2v) is 6.64. The average molecular weight is 357 g/mol. The summed E-state index contributed by atoms with van der Waals surface area (Å²) in [6, 6.07) is 8.29. The molecule has 1 saturated carbocycles. The van der Waals surface area contributed by atoms with Crippen molar-refractivity contribution in [1.29, 1.82) is 0 Å². The fourth-order valence-electron chi connectivity index (χ4n) is 2.00. The van der Waals surface area contributed by atoms with Crippen molar-refractivity contribution in [2.24, 2.45) is 5.92 Å². The number of halogens is 1. The molecular weight excluding hydrogens is 337 g/mol. The van der Waals surface area contributed by atoms with Crippen LogP contribution in [0.25, 0.3) is 0 Å². The number of carbonyl (C=O) groups excluding carboxylic acids is 1. The number of hydrogen-bond donors (Lipinski definition) is 0. The monoisotopic (exact) mass is 357 g/mol. The fraction of sp³-hybridized carbons (Fsp3) is 0.533. The lowest BCUT2D eigenvalue weighted by Gasteiger charge is -2.25. The second-order valence-electron chi connectivity index (χ2n) is 5.40. The van der Waals surface area contributed by atoms with Crippen LogP contribution in [-0.2, 0) is 0 Å². The third-order valence-electron chi connectivity index (χ3n) is 3.43. The van der Waals surface area contributed by atoms with Gasteiger partial charge in [0.25, 0.3) is 0 Å². The molecule has 1 aliphatic rings. The highest BCUT2D eigenvalue weighted by atomic mass is 127. The molecule has 0 N–H and O–H groups in total. The first-order valence-electron chi connectivity index (χ1n) is 6.59. The molecule has 0 bridgehead atoms. The largest absolute Gasteiger partial charge is 0.293 e. The average Bonchev–Trinajstić information content (AvgIpc) is 3.12. The summed E-state index contributed by atoms with van der Waals surface area (Å²) in [5.41, 5.74) is 0.830. The first-order chi connectivity index (χ1) is 8.56. The Hall–Kier alpha value is -0.420. The van der Waals surface area contributed by atoms with Gasteiger partial charge in [0.05, 0.1) is 6.54 Å². The lowest BCUT2D eigenvalue weighted by Crippen LogP contribution is -2.37. The van der Waals surface area contributed by atoms with E-state index in [2.05, 4.69) is 41.3 Å². The highest BCUT2D eigenvalue weighted by Crippen LogP contribution is 2.30. The molecule has 3 heteroatoms. The normalized spacial score (nSPS) is 15.4. The van der Waals surface area contributed by atoms with Crippen molar-refractivity contribution < 1.29 is 4.79 Å². The number of carbonyl (C=O) groups is 1. The SMILES string of the molecule is CC(C)N(CC(=O)c1ccc(I)cc1)CC1CC1. The van der Waals surface area contributed by atoms with Gasteiger partial charge in [-0.2, -0.15) is 0 Å². The van der Waals surface area contributed by atoms with Crippen LogP contribution in [0.5, 0.6) is 0 Å². The maximum atomic E-state index is 12.2. The molecular formula is C15H20INO. The summed E-state index contributed by atoms with van der Waals surface area (Å²) in [5, 5.41) is 0. The summed E-state index contributed by atoms with van der Waals surface area (Å²) in [5.74, 6) is 1.07.